The number of carbonyl (C=O) groups excluding carboxylic acids is 1. The van der Waals surface area contributed by atoms with Gasteiger partial charge in [-0.3, -0.25) is 4.79 Å². The first kappa shape index (κ1) is 14.1. The molecule has 0 spiro atoms. The molecule has 4 rings (SSSR count). The van der Waals surface area contributed by atoms with Gasteiger partial charge in [-0.15, -0.1) is 0 Å². The van der Waals surface area contributed by atoms with Gasteiger partial charge in [0.1, 0.15) is 11.5 Å². The highest BCUT2D eigenvalue weighted by atomic mass is 32.1. The van der Waals surface area contributed by atoms with Crippen LogP contribution in [-0.2, 0) is 0 Å². The first-order valence-electron chi connectivity index (χ1n) is 7.41. The van der Waals surface area contributed by atoms with Crippen LogP contribution in [0.15, 0.2) is 49.6 Å². The highest BCUT2D eigenvalue weighted by Crippen LogP contribution is 2.40. The molecule has 112 valence electrons. The fourth-order valence-electron chi connectivity index (χ4n) is 3.17. The van der Waals surface area contributed by atoms with E-state index < -0.39 is 0 Å². The summed E-state index contributed by atoms with van der Waals surface area (Å²) in [6.07, 6.45) is 1.14. The van der Waals surface area contributed by atoms with E-state index in [0.29, 0.717) is 22.6 Å². The zero-order valence-electron chi connectivity index (χ0n) is 12.5. The predicted octanol–water partition coefficient (Wildman–Crippen LogP) is 5.21. The van der Waals surface area contributed by atoms with Crippen molar-refractivity contribution in [3.8, 4) is 11.5 Å². The maximum absolute atomic E-state index is 11.9. The number of rotatable bonds is 2. The first-order valence-corrected chi connectivity index (χ1v) is 7.82. The zero-order valence-corrected chi connectivity index (χ0v) is 13.3. The Bertz CT molecular complexity index is 846. The average Bonchev–Trinajstić information content (AvgIpc) is 2.96. The normalized spacial score (nSPS) is 15.8. The van der Waals surface area contributed by atoms with Crippen LogP contribution in [0.4, 0.5) is 0 Å². The standard InChI is InChI=1S/C20H14O2S/c1-11-7-12(2)17-8-13(3-5-15(11)17)22-14-4-6-16-18(9-14)19(21)10-20(16)23/h3-6,8-9H,1-2,7,10H2. The molecule has 0 radical (unpaired) electrons. The molecule has 2 aliphatic carbocycles. The van der Waals surface area contributed by atoms with Crippen molar-refractivity contribution < 1.29 is 9.53 Å². The number of fused-ring (bicyclic) bond motifs is 2. The molecule has 0 bridgehead atoms. The van der Waals surface area contributed by atoms with E-state index in [-0.39, 0.29) is 5.78 Å². The van der Waals surface area contributed by atoms with Crippen LogP contribution in [0.2, 0.25) is 0 Å². The Morgan fingerprint density at radius 1 is 0.826 bits per heavy atom. The Kier molecular flexibility index (Phi) is 3.06. The molecule has 2 aliphatic rings. The summed E-state index contributed by atoms with van der Waals surface area (Å²) in [6, 6.07) is 11.4. The first-order chi connectivity index (χ1) is 11.0. The van der Waals surface area contributed by atoms with Crippen molar-refractivity contribution in [2.24, 2.45) is 0 Å². The number of thiocarbonyl (C=S) groups is 1. The van der Waals surface area contributed by atoms with E-state index in [4.69, 9.17) is 17.0 Å². The van der Waals surface area contributed by atoms with Gasteiger partial charge in [0, 0.05) is 16.8 Å². The summed E-state index contributed by atoms with van der Waals surface area (Å²) in [5, 5.41) is 0. The summed E-state index contributed by atoms with van der Waals surface area (Å²) in [4.78, 5) is 12.7. The summed E-state index contributed by atoms with van der Waals surface area (Å²) in [6.45, 7) is 8.15. The van der Waals surface area contributed by atoms with Gasteiger partial charge in [-0.25, -0.2) is 0 Å². The number of benzene rings is 2. The smallest absolute Gasteiger partial charge is 0.168 e. The molecular formula is C20H14O2S. The summed E-state index contributed by atoms with van der Waals surface area (Å²) < 4.78 is 5.93. The molecule has 0 saturated carbocycles. The summed E-state index contributed by atoms with van der Waals surface area (Å²) >= 11 is 5.22. The molecule has 0 aromatic heterocycles. The lowest BCUT2D eigenvalue weighted by molar-refractivity contribution is 0.101. The number of Topliss-reactive ketones (excluding diaryl/α,β-unsaturated/α-hetero) is 1. The van der Waals surface area contributed by atoms with E-state index in [1.54, 1.807) is 6.07 Å². The molecule has 0 N–H and O–H groups in total. The van der Waals surface area contributed by atoms with Crippen molar-refractivity contribution in [2.45, 2.75) is 12.8 Å². The third kappa shape index (κ3) is 2.25. The Morgan fingerprint density at radius 2 is 1.43 bits per heavy atom. The lowest BCUT2D eigenvalue weighted by Crippen LogP contribution is -1.93. The predicted molar refractivity (Wildman–Crippen MR) is 96.3 cm³/mol. The Hall–Kier alpha value is -2.52. The minimum absolute atomic E-state index is 0.0640. The Balaban J connectivity index is 1.68. The van der Waals surface area contributed by atoms with Crippen molar-refractivity contribution in [1.82, 2.24) is 0 Å². The van der Waals surface area contributed by atoms with Gasteiger partial charge in [0.15, 0.2) is 5.78 Å². The molecule has 2 aromatic carbocycles. The summed E-state index contributed by atoms with van der Waals surface area (Å²) in [5.41, 5.74) is 5.89. The number of carbonyl (C=O) groups is 1. The van der Waals surface area contributed by atoms with E-state index >= 15 is 0 Å². The molecule has 23 heavy (non-hydrogen) atoms. The van der Waals surface area contributed by atoms with Gasteiger partial charge in [-0.2, -0.15) is 0 Å². The lowest BCUT2D eigenvalue weighted by Gasteiger charge is -2.09. The number of hydrogen-bond donors (Lipinski definition) is 0. The second-order valence-corrected chi connectivity index (χ2v) is 6.42. The zero-order chi connectivity index (χ0) is 16.1. The third-order valence-electron chi connectivity index (χ3n) is 4.33. The highest BCUT2D eigenvalue weighted by Gasteiger charge is 2.25. The SMILES string of the molecule is C=C1CC(=C)c2cc(Oc3ccc4c(c3)C(=O)CC4=S)ccc21. The number of allylic oxidation sites excluding steroid dienone is 2. The molecule has 0 unspecified atom stereocenters. The minimum Gasteiger partial charge on any atom is -0.457 e. The quantitative estimate of drug-likeness (QED) is 0.711. The molecule has 0 aliphatic heterocycles. The van der Waals surface area contributed by atoms with Gasteiger partial charge in [-0.05, 0) is 64.6 Å². The van der Waals surface area contributed by atoms with Crippen molar-refractivity contribution in [1.29, 1.82) is 0 Å². The highest BCUT2D eigenvalue weighted by molar-refractivity contribution is 7.81. The van der Waals surface area contributed by atoms with Crippen molar-refractivity contribution >= 4 is 34.0 Å². The van der Waals surface area contributed by atoms with E-state index in [0.717, 1.165) is 40.0 Å². The van der Waals surface area contributed by atoms with Gasteiger partial charge in [0.25, 0.3) is 0 Å². The van der Waals surface area contributed by atoms with E-state index in [9.17, 15) is 4.79 Å². The van der Waals surface area contributed by atoms with E-state index in [2.05, 4.69) is 13.2 Å². The second-order valence-electron chi connectivity index (χ2n) is 5.92. The second kappa shape index (κ2) is 5.00. The monoisotopic (exact) mass is 318 g/mol. The van der Waals surface area contributed by atoms with Crippen LogP contribution >= 0.6 is 12.2 Å². The summed E-state index contributed by atoms with van der Waals surface area (Å²) in [5.74, 6) is 1.44. The van der Waals surface area contributed by atoms with Crippen LogP contribution in [-0.4, -0.2) is 10.6 Å². The number of hydrogen-bond acceptors (Lipinski definition) is 3. The van der Waals surface area contributed by atoms with Crippen molar-refractivity contribution in [2.75, 3.05) is 0 Å². The van der Waals surface area contributed by atoms with Crippen LogP contribution in [0, 0.1) is 0 Å². The fourth-order valence-corrected chi connectivity index (χ4v) is 3.48. The number of ether oxygens (including phenoxy) is 1. The topological polar surface area (TPSA) is 26.3 Å². The van der Waals surface area contributed by atoms with Gasteiger partial charge in [-0.1, -0.05) is 31.4 Å². The average molecular weight is 318 g/mol. The molecule has 0 fully saturated rings. The van der Waals surface area contributed by atoms with Gasteiger partial charge < -0.3 is 4.74 Å². The molecule has 0 amide bonds. The molecule has 2 nitrogen and oxygen atoms in total. The van der Waals surface area contributed by atoms with E-state index in [1.807, 2.05) is 30.3 Å². The molecule has 0 saturated heterocycles. The fraction of sp³-hybridized carbons (Fsp3) is 0.100. The van der Waals surface area contributed by atoms with Crippen LogP contribution in [0.1, 0.15) is 39.9 Å². The Morgan fingerprint density at radius 3 is 2.17 bits per heavy atom. The van der Waals surface area contributed by atoms with Crippen LogP contribution in [0.5, 0.6) is 11.5 Å². The van der Waals surface area contributed by atoms with Crippen LogP contribution < -0.4 is 4.74 Å². The third-order valence-corrected chi connectivity index (χ3v) is 4.69. The molecule has 0 heterocycles. The van der Waals surface area contributed by atoms with E-state index in [1.165, 1.54) is 0 Å². The van der Waals surface area contributed by atoms with Crippen molar-refractivity contribution in [3.63, 3.8) is 0 Å². The van der Waals surface area contributed by atoms with Crippen molar-refractivity contribution in [3.05, 3.63) is 71.8 Å². The summed E-state index contributed by atoms with van der Waals surface area (Å²) in [7, 11) is 0. The Labute approximate surface area is 140 Å². The van der Waals surface area contributed by atoms with Crippen LogP contribution in [0.3, 0.4) is 0 Å². The molecule has 0 atom stereocenters. The number of ketones is 1. The van der Waals surface area contributed by atoms with Gasteiger partial charge in [0.05, 0.1) is 0 Å². The molecular weight excluding hydrogens is 304 g/mol. The largest absolute Gasteiger partial charge is 0.457 e. The molecule has 2 aromatic rings. The molecule has 3 heteroatoms. The van der Waals surface area contributed by atoms with Crippen LogP contribution in [0.25, 0.3) is 11.1 Å². The maximum Gasteiger partial charge on any atom is 0.168 e. The van der Waals surface area contributed by atoms with Gasteiger partial charge in [0.2, 0.25) is 0 Å². The lowest BCUT2D eigenvalue weighted by atomic mass is 10.1. The minimum atomic E-state index is 0.0640. The van der Waals surface area contributed by atoms with Gasteiger partial charge >= 0.3 is 0 Å². The maximum atomic E-state index is 11.9.